The van der Waals surface area contributed by atoms with Gasteiger partial charge in [-0.05, 0) is 32.8 Å². The third-order valence-electron chi connectivity index (χ3n) is 3.15. The molecule has 2 heterocycles. The maximum atomic E-state index is 5.35. The Hall–Kier alpha value is -1.00. The number of H-pyrrole nitrogens is 1. The summed E-state index contributed by atoms with van der Waals surface area (Å²) in [5, 5.41) is 2.18. The lowest BCUT2D eigenvalue weighted by Gasteiger charge is -2.07. The van der Waals surface area contributed by atoms with E-state index in [9.17, 15) is 0 Å². The predicted molar refractivity (Wildman–Crippen MR) is 74.2 cm³/mol. The molecule has 17 heavy (non-hydrogen) atoms. The Labute approximate surface area is 110 Å². The Balaban J connectivity index is 2.17. The van der Waals surface area contributed by atoms with Gasteiger partial charge in [0.05, 0.1) is 5.69 Å². The van der Waals surface area contributed by atoms with Crippen LogP contribution < -0.4 is 0 Å². The average molecular weight is 262 g/mol. The van der Waals surface area contributed by atoms with Gasteiger partial charge in [0.1, 0.15) is 10.5 Å². The molecular formula is C13H14N2S2. The van der Waals surface area contributed by atoms with Gasteiger partial charge in [-0.3, -0.25) is 0 Å². The van der Waals surface area contributed by atoms with E-state index in [1.165, 1.54) is 23.3 Å². The second-order valence-electron chi connectivity index (χ2n) is 4.65. The lowest BCUT2D eigenvalue weighted by Crippen LogP contribution is -1.98. The molecule has 2 aromatic heterocycles. The van der Waals surface area contributed by atoms with Gasteiger partial charge >= 0.3 is 0 Å². The minimum atomic E-state index is 0.607. The van der Waals surface area contributed by atoms with Crippen LogP contribution in [0.15, 0.2) is 11.4 Å². The summed E-state index contributed by atoms with van der Waals surface area (Å²) in [7, 11) is 0. The summed E-state index contributed by atoms with van der Waals surface area (Å²) >= 11 is 7.12. The lowest BCUT2D eigenvalue weighted by atomic mass is 10.1. The summed E-state index contributed by atoms with van der Waals surface area (Å²) in [6.07, 6.45) is 2.48. The number of aryl methyl sites for hydroxylation is 1. The number of hydrogen-bond donors (Lipinski definition) is 1. The Morgan fingerprint density at radius 1 is 1.41 bits per heavy atom. The lowest BCUT2D eigenvalue weighted by molar-refractivity contribution is 0.914. The fourth-order valence-electron chi connectivity index (χ4n) is 1.96. The highest BCUT2D eigenvalue weighted by Gasteiger charge is 2.26. The van der Waals surface area contributed by atoms with Crippen LogP contribution in [0.1, 0.15) is 35.0 Å². The molecule has 0 aliphatic heterocycles. The van der Waals surface area contributed by atoms with Crippen molar-refractivity contribution in [2.24, 2.45) is 0 Å². The number of rotatable bonds is 2. The molecule has 2 nitrogen and oxygen atoms in total. The summed E-state index contributed by atoms with van der Waals surface area (Å²) in [4.78, 5) is 9.29. The van der Waals surface area contributed by atoms with E-state index < -0.39 is 0 Å². The monoisotopic (exact) mass is 262 g/mol. The van der Waals surface area contributed by atoms with Crippen molar-refractivity contribution in [2.75, 3.05) is 0 Å². The standard InChI is InChI=1S/C13H14N2S2/c1-7-5-10(6-17-7)11-8(2)13(16)15-12(14-11)9-3-4-9/h5-6,9H,3-4H2,1-2H3,(H,14,15,16). The van der Waals surface area contributed by atoms with E-state index in [-0.39, 0.29) is 0 Å². The molecule has 0 atom stereocenters. The molecule has 1 N–H and O–H groups in total. The highest BCUT2D eigenvalue weighted by Crippen LogP contribution is 2.39. The van der Waals surface area contributed by atoms with E-state index in [4.69, 9.17) is 12.2 Å². The van der Waals surface area contributed by atoms with Crippen molar-refractivity contribution in [2.45, 2.75) is 32.6 Å². The van der Waals surface area contributed by atoms with E-state index in [1.54, 1.807) is 11.3 Å². The van der Waals surface area contributed by atoms with Crippen LogP contribution in [0.4, 0.5) is 0 Å². The van der Waals surface area contributed by atoms with Crippen LogP contribution in [0.3, 0.4) is 0 Å². The SMILES string of the molecule is Cc1cc(-c2[nH]c(C3CC3)nc(=S)c2C)cs1. The largest absolute Gasteiger partial charge is 0.343 e. The third-order valence-corrected chi connectivity index (χ3v) is 4.41. The number of aromatic amines is 1. The number of hydrogen-bond acceptors (Lipinski definition) is 3. The highest BCUT2D eigenvalue weighted by atomic mass is 32.1. The Bertz CT molecular complexity index is 621. The van der Waals surface area contributed by atoms with E-state index in [2.05, 4.69) is 28.3 Å². The molecule has 2 aromatic rings. The number of thiophene rings is 1. The van der Waals surface area contributed by atoms with Gasteiger partial charge < -0.3 is 4.98 Å². The quantitative estimate of drug-likeness (QED) is 0.814. The third kappa shape index (κ3) is 2.07. The zero-order chi connectivity index (χ0) is 12.0. The zero-order valence-corrected chi connectivity index (χ0v) is 11.5. The Morgan fingerprint density at radius 2 is 2.18 bits per heavy atom. The van der Waals surface area contributed by atoms with Crippen molar-refractivity contribution in [3.8, 4) is 11.3 Å². The normalized spacial score (nSPS) is 15.2. The molecule has 3 rings (SSSR count). The van der Waals surface area contributed by atoms with Gasteiger partial charge in [-0.15, -0.1) is 11.3 Å². The van der Waals surface area contributed by atoms with Crippen LogP contribution in [0.5, 0.6) is 0 Å². The fraction of sp³-hybridized carbons (Fsp3) is 0.385. The van der Waals surface area contributed by atoms with Gasteiger partial charge in [-0.1, -0.05) is 12.2 Å². The van der Waals surface area contributed by atoms with Crippen LogP contribution in [-0.4, -0.2) is 9.97 Å². The Kier molecular flexibility index (Phi) is 2.64. The van der Waals surface area contributed by atoms with Crippen molar-refractivity contribution < 1.29 is 0 Å². The average Bonchev–Trinajstić information content (AvgIpc) is 3.05. The molecule has 0 amide bonds. The van der Waals surface area contributed by atoms with Gasteiger partial charge in [-0.2, -0.15) is 0 Å². The first-order chi connectivity index (χ1) is 8.15. The van der Waals surface area contributed by atoms with Gasteiger partial charge in [0.2, 0.25) is 0 Å². The second-order valence-corrected chi connectivity index (χ2v) is 6.15. The summed E-state index contributed by atoms with van der Waals surface area (Å²) in [6.45, 7) is 4.17. The smallest absolute Gasteiger partial charge is 0.133 e. The molecule has 1 saturated carbocycles. The summed E-state index contributed by atoms with van der Waals surface area (Å²) < 4.78 is 0.740. The fourth-order valence-corrected chi connectivity index (χ4v) is 2.86. The zero-order valence-electron chi connectivity index (χ0n) is 9.91. The molecule has 0 aromatic carbocycles. The minimum absolute atomic E-state index is 0.607. The van der Waals surface area contributed by atoms with Crippen LogP contribution in [0.25, 0.3) is 11.3 Å². The second kappa shape index (κ2) is 4.03. The molecule has 1 aliphatic rings. The van der Waals surface area contributed by atoms with Gasteiger partial charge in [0, 0.05) is 27.3 Å². The topological polar surface area (TPSA) is 28.7 Å². The molecule has 1 fully saturated rings. The van der Waals surface area contributed by atoms with Crippen LogP contribution in [-0.2, 0) is 0 Å². The minimum Gasteiger partial charge on any atom is -0.343 e. The Morgan fingerprint density at radius 3 is 2.76 bits per heavy atom. The number of nitrogens with one attached hydrogen (secondary N) is 1. The van der Waals surface area contributed by atoms with Crippen molar-refractivity contribution in [3.63, 3.8) is 0 Å². The first-order valence-corrected chi connectivity index (χ1v) is 7.10. The molecule has 1 aliphatic carbocycles. The summed E-state index contributed by atoms with van der Waals surface area (Å²) in [5.41, 5.74) is 3.47. The molecule has 0 saturated heterocycles. The predicted octanol–water partition coefficient (Wildman–Crippen LogP) is 4.36. The van der Waals surface area contributed by atoms with Crippen molar-refractivity contribution in [3.05, 3.63) is 32.4 Å². The first kappa shape index (κ1) is 11.1. The maximum Gasteiger partial charge on any atom is 0.133 e. The highest BCUT2D eigenvalue weighted by molar-refractivity contribution is 7.71. The molecule has 0 unspecified atom stereocenters. The maximum absolute atomic E-state index is 5.35. The van der Waals surface area contributed by atoms with Crippen molar-refractivity contribution >= 4 is 23.6 Å². The number of aromatic nitrogens is 2. The first-order valence-electron chi connectivity index (χ1n) is 5.81. The molecule has 0 spiro atoms. The number of nitrogens with zero attached hydrogens (tertiary/aromatic N) is 1. The van der Waals surface area contributed by atoms with Gasteiger partial charge in [0.15, 0.2) is 0 Å². The molecule has 4 heteroatoms. The molecule has 0 bridgehead atoms. The van der Waals surface area contributed by atoms with E-state index in [0.29, 0.717) is 5.92 Å². The van der Waals surface area contributed by atoms with Crippen molar-refractivity contribution in [1.29, 1.82) is 0 Å². The summed E-state index contributed by atoms with van der Waals surface area (Å²) in [6, 6.07) is 2.20. The van der Waals surface area contributed by atoms with Crippen LogP contribution in [0.2, 0.25) is 0 Å². The van der Waals surface area contributed by atoms with Crippen LogP contribution >= 0.6 is 23.6 Å². The van der Waals surface area contributed by atoms with Gasteiger partial charge in [-0.25, -0.2) is 4.98 Å². The van der Waals surface area contributed by atoms with E-state index >= 15 is 0 Å². The molecule has 88 valence electrons. The summed E-state index contributed by atoms with van der Waals surface area (Å²) in [5.74, 6) is 1.68. The van der Waals surface area contributed by atoms with Crippen molar-refractivity contribution in [1.82, 2.24) is 9.97 Å². The van der Waals surface area contributed by atoms with Gasteiger partial charge in [0.25, 0.3) is 0 Å². The van der Waals surface area contributed by atoms with E-state index in [1.807, 2.05) is 6.92 Å². The molecular weight excluding hydrogens is 248 g/mol. The van der Waals surface area contributed by atoms with Crippen LogP contribution in [0, 0.1) is 18.5 Å². The molecule has 0 radical (unpaired) electrons. The van der Waals surface area contributed by atoms with E-state index in [0.717, 1.165) is 21.7 Å².